The lowest BCUT2D eigenvalue weighted by Crippen LogP contribution is -2.24. The Balaban J connectivity index is 1.43. The summed E-state index contributed by atoms with van der Waals surface area (Å²) in [5.74, 6) is -0.588. The number of fused-ring (bicyclic) bond motifs is 2. The lowest BCUT2D eigenvalue weighted by atomic mass is 10.1. The number of hydrogen-bond donors (Lipinski definition) is 3. The van der Waals surface area contributed by atoms with Crippen molar-refractivity contribution in [2.75, 3.05) is 19.0 Å². The van der Waals surface area contributed by atoms with Gasteiger partial charge in [0.25, 0.3) is 0 Å². The summed E-state index contributed by atoms with van der Waals surface area (Å²) < 4.78 is 49.5. The highest BCUT2D eigenvalue weighted by Gasteiger charge is 2.37. The monoisotopic (exact) mass is 491 g/mol. The Hall–Kier alpha value is -2.64. The molecule has 12 heteroatoms. The van der Waals surface area contributed by atoms with Gasteiger partial charge in [-0.15, -0.1) is 0 Å². The van der Waals surface area contributed by atoms with Gasteiger partial charge in [-0.3, -0.25) is 4.18 Å². The molecule has 0 bridgehead atoms. The number of hydrogen-bond acceptors (Lipinski definition) is 8. The predicted molar refractivity (Wildman–Crippen MR) is 122 cm³/mol. The third-order valence-corrected chi connectivity index (χ3v) is 7.28. The molecule has 0 unspecified atom stereocenters. The van der Waals surface area contributed by atoms with Gasteiger partial charge in [-0.2, -0.15) is 8.42 Å². The van der Waals surface area contributed by atoms with Crippen LogP contribution in [0.2, 0.25) is 0 Å². The molecule has 2 aliphatic rings. The number of nitrogens with one attached hydrogen (secondary N) is 1. The zero-order valence-corrected chi connectivity index (χ0v) is 19.3. The first-order valence-corrected chi connectivity index (χ1v) is 12.5. The average Bonchev–Trinajstić information content (AvgIpc) is 3.45. The van der Waals surface area contributed by atoms with Crippen molar-refractivity contribution >= 4 is 27.2 Å². The van der Waals surface area contributed by atoms with Crippen molar-refractivity contribution in [3.8, 4) is 0 Å². The normalized spacial score (nSPS) is 26.8. The fraction of sp³-hybridized carbons (Fsp3) is 0.455. The van der Waals surface area contributed by atoms with E-state index in [-0.39, 0.29) is 30.2 Å². The van der Waals surface area contributed by atoms with Gasteiger partial charge in [0, 0.05) is 31.7 Å². The molecule has 0 spiro atoms. The van der Waals surface area contributed by atoms with Crippen LogP contribution in [0.25, 0.3) is 11.0 Å². The van der Waals surface area contributed by atoms with Crippen LogP contribution in [0.1, 0.15) is 36.1 Å². The van der Waals surface area contributed by atoms with Crippen molar-refractivity contribution in [3.05, 3.63) is 53.7 Å². The lowest BCUT2D eigenvalue weighted by molar-refractivity contribution is 0.0959. The molecule has 182 valence electrons. The molecular weight excluding hydrogens is 465 g/mol. The quantitative estimate of drug-likeness (QED) is 0.455. The third-order valence-electron chi connectivity index (χ3n) is 6.81. The number of methoxy groups -OCH3 is 1. The van der Waals surface area contributed by atoms with Crippen molar-refractivity contribution in [1.29, 1.82) is 0 Å². The standard InChI is InChI=1S/C22H26FN5O5S/c1-32-18-7-12-4-2-3-5-15(12)20(18)27-21-19-16(23)9-28(22(19)26-11-25-21)14-6-13(17(29)8-14)10-33-34(24,30)31/h2-5,9,11,13-14,17-18,20,29H,6-8,10H2,1H3,(H2,24,30,31)(H,25,26,27)/t13-,14+,17-,18-,20+/m0/s1. The highest BCUT2D eigenvalue weighted by atomic mass is 32.2. The van der Waals surface area contributed by atoms with Crippen LogP contribution in [0.4, 0.5) is 10.2 Å². The smallest absolute Gasteiger partial charge is 0.333 e. The molecule has 0 saturated heterocycles. The topological polar surface area (TPSA) is 142 Å². The lowest BCUT2D eigenvalue weighted by Gasteiger charge is -2.22. The van der Waals surface area contributed by atoms with E-state index in [0.717, 1.165) is 12.0 Å². The molecule has 4 N–H and O–H groups in total. The number of aliphatic hydroxyl groups is 1. The Kier molecular flexibility index (Phi) is 6.02. The van der Waals surface area contributed by atoms with Crippen LogP contribution < -0.4 is 10.5 Å². The maximum absolute atomic E-state index is 15.2. The number of ether oxygens (including phenoxy) is 1. The van der Waals surface area contributed by atoms with Gasteiger partial charge in [-0.05, 0) is 24.0 Å². The zero-order chi connectivity index (χ0) is 24.0. The van der Waals surface area contributed by atoms with E-state index >= 15 is 4.39 Å². The Bertz CT molecular complexity index is 1320. The average molecular weight is 492 g/mol. The molecule has 2 heterocycles. The molecule has 1 aromatic carbocycles. The van der Waals surface area contributed by atoms with Crippen molar-refractivity contribution < 1.29 is 26.8 Å². The summed E-state index contributed by atoms with van der Waals surface area (Å²) in [5.41, 5.74) is 2.64. The Labute approximate surface area is 196 Å². The van der Waals surface area contributed by atoms with E-state index in [1.807, 2.05) is 18.2 Å². The van der Waals surface area contributed by atoms with Crippen LogP contribution >= 0.6 is 0 Å². The SMILES string of the molecule is CO[C@H]1Cc2ccccc2[C@H]1Nc1ncnc2c1c(F)cn2[C@@H]1C[C@@H](COS(N)(=O)=O)[C@@H](O)C1. The van der Waals surface area contributed by atoms with Crippen LogP contribution in [0.5, 0.6) is 0 Å². The second-order valence-corrected chi connectivity index (χ2v) is 10.1. The first kappa shape index (κ1) is 23.1. The van der Waals surface area contributed by atoms with Gasteiger partial charge < -0.3 is 19.7 Å². The fourth-order valence-corrected chi connectivity index (χ4v) is 5.55. The molecule has 10 nitrogen and oxygen atoms in total. The van der Waals surface area contributed by atoms with Gasteiger partial charge in [0.15, 0.2) is 5.82 Å². The Morgan fingerprint density at radius 3 is 2.85 bits per heavy atom. The van der Waals surface area contributed by atoms with Crippen LogP contribution in [-0.4, -0.2) is 54.0 Å². The molecule has 0 aliphatic heterocycles. The molecule has 1 saturated carbocycles. The molecule has 34 heavy (non-hydrogen) atoms. The van der Waals surface area contributed by atoms with Gasteiger partial charge in [0.2, 0.25) is 0 Å². The van der Waals surface area contributed by atoms with Crippen LogP contribution in [0.3, 0.4) is 0 Å². The number of aliphatic hydroxyl groups excluding tert-OH is 1. The summed E-state index contributed by atoms with van der Waals surface area (Å²) in [6, 6.07) is 7.52. The highest BCUT2D eigenvalue weighted by Crippen LogP contribution is 2.40. The first-order valence-electron chi connectivity index (χ1n) is 11.0. The maximum Gasteiger partial charge on any atom is 0.333 e. The van der Waals surface area contributed by atoms with Gasteiger partial charge in [0.05, 0.1) is 30.2 Å². The first-order chi connectivity index (χ1) is 16.2. The van der Waals surface area contributed by atoms with E-state index in [9.17, 15) is 13.5 Å². The minimum Gasteiger partial charge on any atom is -0.393 e. The van der Waals surface area contributed by atoms with Crippen molar-refractivity contribution in [1.82, 2.24) is 14.5 Å². The van der Waals surface area contributed by atoms with Crippen LogP contribution in [-0.2, 0) is 25.6 Å². The number of aromatic nitrogens is 3. The zero-order valence-electron chi connectivity index (χ0n) is 18.5. The largest absolute Gasteiger partial charge is 0.393 e. The van der Waals surface area contributed by atoms with E-state index in [1.54, 1.807) is 11.7 Å². The summed E-state index contributed by atoms with van der Waals surface area (Å²) in [6.07, 6.45) is 3.20. The van der Waals surface area contributed by atoms with Gasteiger partial charge in [-0.25, -0.2) is 19.5 Å². The number of anilines is 1. The predicted octanol–water partition coefficient (Wildman–Crippen LogP) is 1.83. The molecule has 1 fully saturated rings. The van der Waals surface area contributed by atoms with Crippen molar-refractivity contribution in [2.24, 2.45) is 11.1 Å². The van der Waals surface area contributed by atoms with E-state index in [2.05, 4.69) is 25.5 Å². The molecule has 5 rings (SSSR count). The minimum absolute atomic E-state index is 0.128. The van der Waals surface area contributed by atoms with Gasteiger partial charge >= 0.3 is 10.3 Å². The fourth-order valence-electron chi connectivity index (χ4n) is 5.19. The summed E-state index contributed by atoms with van der Waals surface area (Å²) in [7, 11) is -2.46. The van der Waals surface area contributed by atoms with Crippen molar-refractivity contribution in [3.63, 3.8) is 0 Å². The molecule has 0 radical (unpaired) electrons. The molecule has 3 aromatic rings. The molecule has 2 aliphatic carbocycles. The highest BCUT2D eigenvalue weighted by molar-refractivity contribution is 7.84. The van der Waals surface area contributed by atoms with Crippen LogP contribution in [0.15, 0.2) is 36.8 Å². The van der Waals surface area contributed by atoms with Gasteiger partial charge in [0.1, 0.15) is 17.8 Å². The van der Waals surface area contributed by atoms with E-state index in [1.165, 1.54) is 18.1 Å². The summed E-state index contributed by atoms with van der Waals surface area (Å²) in [5, 5.41) is 18.9. The number of benzene rings is 1. The molecule has 5 atom stereocenters. The summed E-state index contributed by atoms with van der Waals surface area (Å²) in [6.45, 7) is -0.237. The third kappa shape index (κ3) is 4.27. The second kappa shape index (κ2) is 8.86. The summed E-state index contributed by atoms with van der Waals surface area (Å²) >= 11 is 0. The number of halogens is 1. The number of nitrogens with zero attached hydrogens (tertiary/aromatic N) is 3. The van der Waals surface area contributed by atoms with Crippen LogP contribution in [0, 0.1) is 11.7 Å². The maximum atomic E-state index is 15.2. The van der Waals surface area contributed by atoms with E-state index in [0.29, 0.717) is 24.3 Å². The van der Waals surface area contributed by atoms with E-state index < -0.39 is 28.1 Å². The molecular formula is C22H26FN5O5S. The summed E-state index contributed by atoms with van der Waals surface area (Å²) in [4.78, 5) is 8.63. The number of rotatable bonds is 7. The minimum atomic E-state index is -4.11. The Morgan fingerprint density at radius 2 is 2.09 bits per heavy atom. The number of nitrogens with two attached hydrogens (primary N) is 1. The molecule has 2 aromatic heterocycles. The van der Waals surface area contributed by atoms with Crippen molar-refractivity contribution in [2.45, 2.75) is 43.6 Å². The van der Waals surface area contributed by atoms with Gasteiger partial charge in [-0.1, -0.05) is 24.3 Å². The second-order valence-electron chi connectivity index (χ2n) is 8.83. The Morgan fingerprint density at radius 1 is 1.29 bits per heavy atom. The molecule has 0 amide bonds. The van der Waals surface area contributed by atoms with E-state index in [4.69, 9.17) is 9.88 Å².